The third kappa shape index (κ3) is 3.92. The van der Waals surface area contributed by atoms with Gasteiger partial charge in [-0.3, -0.25) is 0 Å². The molecule has 0 fully saturated rings. The summed E-state index contributed by atoms with van der Waals surface area (Å²) in [5.41, 5.74) is 0.277. The molecule has 0 N–H and O–H groups in total. The van der Waals surface area contributed by atoms with Crippen molar-refractivity contribution < 1.29 is 32.2 Å². The maximum Gasteiger partial charge on any atom is 0.355 e. The van der Waals surface area contributed by atoms with Gasteiger partial charge in [-0.25, -0.2) is 18.0 Å². The molecule has 0 aromatic heterocycles. The van der Waals surface area contributed by atoms with Crippen molar-refractivity contribution in [2.45, 2.75) is 11.8 Å². The molecule has 0 spiro atoms. The highest BCUT2D eigenvalue weighted by Gasteiger charge is 2.33. The van der Waals surface area contributed by atoms with Crippen molar-refractivity contribution in [3.8, 4) is 0 Å². The SMILES string of the molecule is CCS(=O)(=O)c1ccc(Br)c(N2COCC(C(=O)OC)=C2C(=O)OC)c1. The van der Waals surface area contributed by atoms with Crippen LogP contribution in [0.25, 0.3) is 0 Å². The van der Waals surface area contributed by atoms with Crippen LogP contribution >= 0.6 is 15.9 Å². The molecule has 0 saturated carbocycles. The molecule has 0 unspecified atom stereocenters. The quantitative estimate of drug-likeness (QED) is 0.627. The second-order valence-electron chi connectivity index (χ2n) is 5.23. The van der Waals surface area contributed by atoms with E-state index < -0.39 is 21.8 Å². The molecule has 0 radical (unpaired) electrons. The number of rotatable bonds is 5. The smallest absolute Gasteiger partial charge is 0.355 e. The molecule has 0 saturated heterocycles. The molecule has 1 aromatic carbocycles. The van der Waals surface area contributed by atoms with E-state index in [1.807, 2.05) is 0 Å². The number of halogens is 1. The molecule has 26 heavy (non-hydrogen) atoms. The Morgan fingerprint density at radius 1 is 1.23 bits per heavy atom. The van der Waals surface area contributed by atoms with Gasteiger partial charge in [0.25, 0.3) is 0 Å². The van der Waals surface area contributed by atoms with E-state index in [1.54, 1.807) is 6.07 Å². The highest BCUT2D eigenvalue weighted by atomic mass is 79.9. The number of sulfone groups is 1. The fourth-order valence-corrected chi connectivity index (χ4v) is 3.75. The second-order valence-corrected chi connectivity index (χ2v) is 8.37. The van der Waals surface area contributed by atoms with Crippen LogP contribution in [-0.2, 0) is 33.6 Å². The number of hydrogen-bond donors (Lipinski definition) is 0. The number of anilines is 1. The summed E-state index contributed by atoms with van der Waals surface area (Å²) in [7, 11) is -1.09. The molecule has 10 heteroatoms. The van der Waals surface area contributed by atoms with Crippen molar-refractivity contribution in [1.82, 2.24) is 0 Å². The lowest BCUT2D eigenvalue weighted by molar-refractivity contribution is -0.140. The van der Waals surface area contributed by atoms with Crippen LogP contribution in [0.2, 0.25) is 0 Å². The summed E-state index contributed by atoms with van der Waals surface area (Å²) in [5, 5.41) is 0. The van der Waals surface area contributed by atoms with E-state index in [0.29, 0.717) is 10.2 Å². The monoisotopic (exact) mass is 447 g/mol. The number of methoxy groups -OCH3 is 2. The van der Waals surface area contributed by atoms with E-state index in [1.165, 1.54) is 38.2 Å². The van der Waals surface area contributed by atoms with Crippen molar-refractivity contribution in [3.63, 3.8) is 0 Å². The third-order valence-electron chi connectivity index (χ3n) is 3.78. The van der Waals surface area contributed by atoms with Crippen molar-refractivity contribution in [3.05, 3.63) is 33.9 Å². The molecule has 1 aliphatic rings. The minimum absolute atomic E-state index is 0.0127. The summed E-state index contributed by atoms with van der Waals surface area (Å²) in [6.45, 7) is 1.34. The van der Waals surface area contributed by atoms with Gasteiger partial charge in [0.05, 0.1) is 42.7 Å². The Bertz CT molecular complexity index is 863. The van der Waals surface area contributed by atoms with E-state index in [0.717, 1.165) is 0 Å². The predicted octanol–water partition coefficient (Wildman–Crippen LogP) is 1.64. The number of nitrogens with zero attached hydrogens (tertiary/aromatic N) is 1. The number of hydrogen-bond acceptors (Lipinski definition) is 8. The molecule has 1 aromatic rings. The van der Waals surface area contributed by atoms with Gasteiger partial charge in [0.15, 0.2) is 9.84 Å². The summed E-state index contributed by atoms with van der Waals surface area (Å²) in [4.78, 5) is 25.8. The Labute approximate surface area is 159 Å². The van der Waals surface area contributed by atoms with Crippen LogP contribution < -0.4 is 4.90 Å². The van der Waals surface area contributed by atoms with Crippen molar-refractivity contribution in [2.24, 2.45) is 0 Å². The van der Waals surface area contributed by atoms with Crippen LogP contribution in [0, 0.1) is 0 Å². The molecular weight excluding hydrogens is 430 g/mol. The van der Waals surface area contributed by atoms with E-state index in [9.17, 15) is 18.0 Å². The molecule has 1 aliphatic heterocycles. The Morgan fingerprint density at radius 3 is 2.46 bits per heavy atom. The molecule has 142 valence electrons. The van der Waals surface area contributed by atoms with Crippen LogP contribution in [-0.4, -0.2) is 53.7 Å². The summed E-state index contributed by atoms with van der Waals surface area (Å²) in [6, 6.07) is 4.43. The van der Waals surface area contributed by atoms with Gasteiger partial charge in [-0.15, -0.1) is 0 Å². The van der Waals surface area contributed by atoms with Crippen LogP contribution in [0.3, 0.4) is 0 Å². The van der Waals surface area contributed by atoms with Crippen molar-refractivity contribution >= 4 is 43.4 Å². The summed E-state index contributed by atoms with van der Waals surface area (Å²) < 4.78 is 39.8. The molecule has 8 nitrogen and oxygen atoms in total. The van der Waals surface area contributed by atoms with Crippen LogP contribution in [0.5, 0.6) is 0 Å². The molecule has 2 rings (SSSR count). The van der Waals surface area contributed by atoms with Gasteiger partial charge in [-0.1, -0.05) is 6.92 Å². The van der Waals surface area contributed by atoms with Gasteiger partial charge < -0.3 is 19.1 Å². The zero-order chi connectivity index (χ0) is 19.5. The maximum atomic E-state index is 12.3. The number of benzene rings is 1. The summed E-state index contributed by atoms with van der Waals surface area (Å²) >= 11 is 3.34. The Balaban J connectivity index is 2.67. The fraction of sp³-hybridized carbons (Fsp3) is 0.375. The van der Waals surface area contributed by atoms with Gasteiger partial charge >= 0.3 is 11.9 Å². The lowest BCUT2D eigenvalue weighted by Gasteiger charge is -2.32. The number of carbonyl (C=O) groups is 2. The van der Waals surface area contributed by atoms with Gasteiger partial charge in [0, 0.05) is 4.47 Å². The summed E-state index contributed by atoms with van der Waals surface area (Å²) in [5.74, 6) is -1.56. The van der Waals surface area contributed by atoms with E-state index >= 15 is 0 Å². The Kier molecular flexibility index (Phi) is 6.43. The number of esters is 2. The first-order valence-electron chi connectivity index (χ1n) is 7.54. The first-order valence-corrected chi connectivity index (χ1v) is 9.98. The second kappa shape index (κ2) is 8.19. The average molecular weight is 448 g/mol. The Morgan fingerprint density at radius 2 is 1.88 bits per heavy atom. The minimum atomic E-state index is -3.47. The highest BCUT2D eigenvalue weighted by Crippen LogP contribution is 2.34. The zero-order valence-corrected chi connectivity index (χ0v) is 16.8. The van der Waals surface area contributed by atoms with Gasteiger partial charge in [0.2, 0.25) is 0 Å². The largest absolute Gasteiger partial charge is 0.466 e. The normalized spacial score (nSPS) is 15.0. The molecule has 0 atom stereocenters. The molecule has 0 bridgehead atoms. The van der Waals surface area contributed by atoms with Crippen LogP contribution in [0.15, 0.2) is 38.8 Å². The maximum absolute atomic E-state index is 12.3. The molecular formula is C16H18BrNO7S. The lowest BCUT2D eigenvalue weighted by atomic mass is 10.1. The van der Waals surface area contributed by atoms with E-state index in [2.05, 4.69) is 15.9 Å². The van der Waals surface area contributed by atoms with Gasteiger partial charge in [-0.2, -0.15) is 0 Å². The van der Waals surface area contributed by atoms with Gasteiger partial charge in [0.1, 0.15) is 12.4 Å². The molecule has 1 heterocycles. The standard InChI is InChI=1S/C16H18BrNO7S/c1-4-26(21,22)10-5-6-12(17)13(7-10)18-9-25-8-11(15(19)23-2)14(18)16(20)24-3/h5-7H,4,8-9H2,1-3H3. The topological polar surface area (TPSA) is 99.2 Å². The van der Waals surface area contributed by atoms with E-state index in [-0.39, 0.29) is 35.3 Å². The van der Waals surface area contributed by atoms with Crippen LogP contribution in [0.4, 0.5) is 5.69 Å². The molecule has 0 amide bonds. The Hall–Kier alpha value is -1.91. The minimum Gasteiger partial charge on any atom is -0.466 e. The zero-order valence-electron chi connectivity index (χ0n) is 14.4. The van der Waals surface area contributed by atoms with Crippen LogP contribution in [0.1, 0.15) is 6.92 Å². The third-order valence-corrected chi connectivity index (χ3v) is 6.18. The van der Waals surface area contributed by atoms with Crippen molar-refractivity contribution in [2.75, 3.05) is 38.2 Å². The fourth-order valence-electron chi connectivity index (χ4n) is 2.39. The first-order chi connectivity index (χ1) is 12.3. The van der Waals surface area contributed by atoms with Gasteiger partial charge in [-0.05, 0) is 34.1 Å². The van der Waals surface area contributed by atoms with Crippen molar-refractivity contribution in [1.29, 1.82) is 0 Å². The highest BCUT2D eigenvalue weighted by molar-refractivity contribution is 9.10. The lowest BCUT2D eigenvalue weighted by Crippen LogP contribution is -2.39. The van der Waals surface area contributed by atoms with E-state index in [4.69, 9.17) is 14.2 Å². The summed E-state index contributed by atoms with van der Waals surface area (Å²) in [6.07, 6.45) is 0. The molecule has 0 aliphatic carbocycles. The number of carbonyl (C=O) groups excluding carboxylic acids is 2. The number of ether oxygens (including phenoxy) is 3. The first kappa shape index (κ1) is 20.4. The predicted molar refractivity (Wildman–Crippen MR) is 96.2 cm³/mol. The average Bonchev–Trinajstić information content (AvgIpc) is 2.66.